The first-order valence-electron chi connectivity index (χ1n) is 7.53. The van der Waals surface area contributed by atoms with E-state index in [-0.39, 0.29) is 0 Å². The van der Waals surface area contributed by atoms with Crippen LogP contribution in [0.4, 0.5) is 0 Å². The predicted molar refractivity (Wildman–Crippen MR) is 76.7 cm³/mol. The Morgan fingerprint density at radius 2 is 1.94 bits per heavy atom. The van der Waals surface area contributed by atoms with Gasteiger partial charge in [-0.15, -0.1) is 0 Å². The van der Waals surface area contributed by atoms with Crippen LogP contribution >= 0.6 is 0 Å². The van der Waals surface area contributed by atoms with Gasteiger partial charge in [-0.1, -0.05) is 34.3 Å². The maximum Gasteiger partial charge on any atom is 0.0788 e. The number of fused-ring (bicyclic) bond motifs is 2. The zero-order valence-corrected chi connectivity index (χ0v) is 12.5. The van der Waals surface area contributed by atoms with Gasteiger partial charge in [0.15, 0.2) is 0 Å². The zero-order chi connectivity index (χ0) is 13.3. The molecular formula is C16H29NO. The molecule has 0 heterocycles. The van der Waals surface area contributed by atoms with Crippen LogP contribution in [0.25, 0.3) is 0 Å². The molecule has 0 saturated heterocycles. The number of likely N-dealkylation sites (N-methyl/N-ethyl adjacent to an activating group) is 1. The first-order chi connectivity index (χ1) is 8.50. The number of rotatable bonds is 6. The topological polar surface area (TPSA) is 12.5 Å². The third-order valence-corrected chi connectivity index (χ3v) is 5.45. The van der Waals surface area contributed by atoms with E-state index in [1.165, 1.54) is 18.4 Å². The fourth-order valence-electron chi connectivity index (χ4n) is 3.72. The fourth-order valence-corrected chi connectivity index (χ4v) is 3.72. The van der Waals surface area contributed by atoms with Crippen molar-refractivity contribution in [3.8, 4) is 0 Å². The second-order valence-electron chi connectivity index (χ2n) is 6.50. The van der Waals surface area contributed by atoms with Crippen molar-refractivity contribution in [2.24, 2.45) is 17.3 Å². The molecule has 104 valence electrons. The molecule has 3 fully saturated rings. The van der Waals surface area contributed by atoms with Crippen molar-refractivity contribution in [3.05, 3.63) is 12.2 Å². The van der Waals surface area contributed by atoms with Gasteiger partial charge in [-0.2, -0.15) is 0 Å². The lowest BCUT2D eigenvalue weighted by molar-refractivity contribution is -0.0921. The minimum Gasteiger partial charge on any atom is -0.373 e. The summed E-state index contributed by atoms with van der Waals surface area (Å²) in [6.45, 7) is 17.6. The van der Waals surface area contributed by atoms with E-state index in [1.807, 2.05) is 0 Å². The van der Waals surface area contributed by atoms with E-state index < -0.39 is 0 Å². The van der Waals surface area contributed by atoms with Crippen LogP contribution in [0.2, 0.25) is 0 Å². The third-order valence-electron chi connectivity index (χ3n) is 5.45. The van der Waals surface area contributed by atoms with Crippen LogP contribution in [-0.2, 0) is 4.74 Å². The van der Waals surface area contributed by atoms with Gasteiger partial charge in [0.25, 0.3) is 0 Å². The quantitative estimate of drug-likeness (QED) is 0.671. The number of hydrogen-bond donors (Lipinski definition) is 0. The van der Waals surface area contributed by atoms with Crippen molar-refractivity contribution in [1.29, 1.82) is 0 Å². The average Bonchev–Trinajstić information content (AvgIpc) is 2.35. The average molecular weight is 251 g/mol. The molecule has 0 N–H and O–H groups in total. The molecule has 0 aromatic rings. The van der Waals surface area contributed by atoms with Crippen molar-refractivity contribution in [2.75, 3.05) is 26.2 Å². The molecule has 0 aromatic heterocycles. The fraction of sp³-hybridized carbons (Fsp3) is 0.875. The Labute approximate surface area is 112 Å². The van der Waals surface area contributed by atoms with Crippen molar-refractivity contribution in [2.45, 2.75) is 46.6 Å². The molecule has 2 bridgehead atoms. The Morgan fingerprint density at radius 3 is 2.44 bits per heavy atom. The Bertz CT molecular complexity index is 306. The molecule has 0 amide bonds. The molecule has 3 rings (SSSR count). The van der Waals surface area contributed by atoms with Crippen LogP contribution in [0.5, 0.6) is 0 Å². The first-order valence-corrected chi connectivity index (χ1v) is 7.53. The molecule has 2 heteroatoms. The third kappa shape index (κ3) is 2.37. The maximum absolute atomic E-state index is 6.08. The zero-order valence-electron chi connectivity index (χ0n) is 12.5. The first kappa shape index (κ1) is 14.1. The second kappa shape index (κ2) is 5.34. The summed E-state index contributed by atoms with van der Waals surface area (Å²) in [5.41, 5.74) is 1.84. The minimum absolute atomic E-state index is 0.331. The van der Waals surface area contributed by atoms with E-state index in [2.05, 4.69) is 39.2 Å². The van der Waals surface area contributed by atoms with Gasteiger partial charge in [0.1, 0.15) is 0 Å². The molecule has 3 atom stereocenters. The van der Waals surface area contributed by atoms with Crippen LogP contribution < -0.4 is 0 Å². The molecule has 0 aromatic carbocycles. The summed E-state index contributed by atoms with van der Waals surface area (Å²) in [6, 6.07) is 0. The smallest absolute Gasteiger partial charge is 0.0788 e. The Morgan fingerprint density at radius 1 is 1.28 bits per heavy atom. The molecule has 18 heavy (non-hydrogen) atoms. The lowest BCUT2D eigenvalue weighted by Crippen LogP contribution is -2.54. The number of nitrogens with zero attached hydrogens (tertiary/aromatic N) is 1. The minimum atomic E-state index is 0.331. The maximum atomic E-state index is 6.08. The summed E-state index contributed by atoms with van der Waals surface area (Å²) >= 11 is 0. The van der Waals surface area contributed by atoms with Gasteiger partial charge in [-0.3, -0.25) is 0 Å². The van der Waals surface area contributed by atoms with Crippen LogP contribution in [0.1, 0.15) is 40.5 Å². The van der Waals surface area contributed by atoms with Gasteiger partial charge in [-0.05, 0) is 48.8 Å². The van der Waals surface area contributed by atoms with Crippen LogP contribution in [0, 0.1) is 17.3 Å². The highest BCUT2D eigenvalue weighted by atomic mass is 16.5. The van der Waals surface area contributed by atoms with Gasteiger partial charge < -0.3 is 9.64 Å². The van der Waals surface area contributed by atoms with E-state index in [0.717, 1.165) is 32.2 Å². The lowest BCUT2D eigenvalue weighted by atomic mass is 9.47. The Hall–Kier alpha value is -0.340. The predicted octanol–water partition coefficient (Wildman–Crippen LogP) is 3.34. The van der Waals surface area contributed by atoms with Crippen LogP contribution in [0.3, 0.4) is 0 Å². The molecule has 3 aliphatic carbocycles. The Balaban J connectivity index is 1.77. The second-order valence-corrected chi connectivity index (χ2v) is 6.50. The number of hydrogen-bond acceptors (Lipinski definition) is 2. The van der Waals surface area contributed by atoms with E-state index in [4.69, 9.17) is 4.74 Å². The molecule has 0 aliphatic heterocycles. The molecular weight excluding hydrogens is 222 g/mol. The van der Waals surface area contributed by atoms with Crippen LogP contribution in [0.15, 0.2) is 12.2 Å². The SMILES string of the molecule is C=C1C(OCCN(CC)CC)CC2CC1C2(C)C. The van der Waals surface area contributed by atoms with Crippen LogP contribution in [-0.4, -0.2) is 37.2 Å². The molecule has 3 saturated carbocycles. The normalized spacial score (nSPS) is 33.6. The molecule has 3 unspecified atom stereocenters. The van der Waals surface area contributed by atoms with E-state index in [9.17, 15) is 0 Å². The van der Waals surface area contributed by atoms with Gasteiger partial charge in [0.05, 0.1) is 12.7 Å². The van der Waals surface area contributed by atoms with Gasteiger partial charge in [-0.25, -0.2) is 0 Å². The van der Waals surface area contributed by atoms with Gasteiger partial charge in [0.2, 0.25) is 0 Å². The summed E-state index contributed by atoms with van der Waals surface area (Å²) in [5.74, 6) is 1.56. The van der Waals surface area contributed by atoms with E-state index in [1.54, 1.807) is 0 Å². The van der Waals surface area contributed by atoms with Crippen molar-refractivity contribution in [3.63, 3.8) is 0 Å². The Kier molecular flexibility index (Phi) is 4.18. The summed E-state index contributed by atoms with van der Waals surface area (Å²) in [6.07, 6.45) is 2.87. The molecule has 0 spiro atoms. The standard InChI is InChI=1S/C16H29NO/c1-6-17(7-2)8-9-18-15-11-13-10-14(12(15)3)16(13,4)5/h13-15H,3,6-11H2,1-2,4-5H3. The lowest BCUT2D eigenvalue weighted by Gasteiger charge is -2.59. The molecule has 2 nitrogen and oxygen atoms in total. The van der Waals surface area contributed by atoms with Gasteiger partial charge in [0, 0.05) is 6.54 Å². The summed E-state index contributed by atoms with van der Waals surface area (Å²) in [5, 5.41) is 0. The van der Waals surface area contributed by atoms with E-state index >= 15 is 0 Å². The van der Waals surface area contributed by atoms with Gasteiger partial charge >= 0.3 is 0 Å². The van der Waals surface area contributed by atoms with E-state index in [0.29, 0.717) is 17.4 Å². The summed E-state index contributed by atoms with van der Waals surface area (Å²) in [4.78, 5) is 2.41. The van der Waals surface area contributed by atoms with Crippen molar-refractivity contribution >= 4 is 0 Å². The largest absolute Gasteiger partial charge is 0.373 e. The number of ether oxygens (including phenoxy) is 1. The molecule has 3 aliphatic rings. The monoisotopic (exact) mass is 251 g/mol. The summed E-state index contributed by atoms with van der Waals surface area (Å²) < 4.78 is 6.08. The van der Waals surface area contributed by atoms with Crippen molar-refractivity contribution < 1.29 is 4.74 Å². The van der Waals surface area contributed by atoms with Crippen molar-refractivity contribution in [1.82, 2.24) is 4.90 Å². The summed E-state index contributed by atoms with van der Waals surface area (Å²) in [7, 11) is 0. The highest BCUT2D eigenvalue weighted by Gasteiger charge is 2.54. The molecule has 0 radical (unpaired) electrons. The highest BCUT2D eigenvalue weighted by molar-refractivity contribution is 5.23. The highest BCUT2D eigenvalue weighted by Crippen LogP contribution is 2.61.